The molecule has 0 saturated heterocycles. The van der Waals surface area contributed by atoms with E-state index in [1.807, 2.05) is 48.5 Å². The second kappa shape index (κ2) is 7.63. The Morgan fingerprint density at radius 2 is 1.96 bits per heavy atom. The summed E-state index contributed by atoms with van der Waals surface area (Å²) in [5, 5.41) is 16.9. The molecule has 25 heavy (non-hydrogen) atoms. The molecular formula is C19H21FN2O3. The average molecular weight is 344 g/mol. The molecule has 6 heteroatoms. The molecule has 2 N–H and O–H groups in total. The lowest BCUT2D eigenvalue weighted by atomic mass is 10.0. The molecule has 0 bridgehead atoms. The third-order valence-electron chi connectivity index (χ3n) is 4.06. The molecule has 1 heterocycles. The number of hydrogen-bond donors (Lipinski definition) is 2. The quantitative estimate of drug-likeness (QED) is 0.811. The van der Waals surface area contributed by atoms with E-state index >= 15 is 0 Å². The maximum Gasteiger partial charge on any atom is 0.268 e. The largest absolute Gasteiger partial charge is 0.497 e. The molecule has 2 aromatic carbocycles. The van der Waals surface area contributed by atoms with Crippen molar-refractivity contribution in [1.82, 2.24) is 5.32 Å². The van der Waals surface area contributed by atoms with Crippen LogP contribution in [-0.2, 0) is 17.9 Å². The van der Waals surface area contributed by atoms with Gasteiger partial charge < -0.3 is 20.0 Å². The van der Waals surface area contributed by atoms with Gasteiger partial charge in [0, 0.05) is 13.1 Å². The van der Waals surface area contributed by atoms with Gasteiger partial charge in [0.25, 0.3) is 5.79 Å². The first-order chi connectivity index (χ1) is 12.1. The van der Waals surface area contributed by atoms with Crippen molar-refractivity contribution in [1.29, 1.82) is 0 Å². The highest BCUT2D eigenvalue weighted by molar-refractivity contribution is 6.01. The Morgan fingerprint density at radius 3 is 2.64 bits per heavy atom. The predicted molar refractivity (Wildman–Crippen MR) is 93.1 cm³/mol. The number of ether oxygens (including phenoxy) is 1. The summed E-state index contributed by atoms with van der Waals surface area (Å²) in [5.74, 6) is -0.969. The second-order valence-electron chi connectivity index (χ2n) is 6.04. The van der Waals surface area contributed by atoms with Crippen molar-refractivity contribution in [2.45, 2.75) is 25.3 Å². The fourth-order valence-electron chi connectivity index (χ4n) is 2.64. The summed E-state index contributed by atoms with van der Waals surface area (Å²) in [4.78, 5) is 4.77. The summed E-state index contributed by atoms with van der Waals surface area (Å²) in [5.41, 5.74) is 3.64. The number of halogens is 1. The number of benzene rings is 2. The highest BCUT2D eigenvalue weighted by atomic mass is 19.1. The first-order valence-corrected chi connectivity index (χ1v) is 8.08. The normalized spacial score (nSPS) is 19.4. The van der Waals surface area contributed by atoms with Crippen molar-refractivity contribution in [3.05, 3.63) is 65.2 Å². The van der Waals surface area contributed by atoms with Crippen molar-refractivity contribution in [2.24, 2.45) is 5.16 Å². The zero-order chi connectivity index (χ0) is 17.7. The number of hydrogen-bond acceptors (Lipinski definition) is 5. The Hall–Kier alpha value is -2.44. The van der Waals surface area contributed by atoms with Crippen LogP contribution in [0.3, 0.4) is 0 Å². The standard InChI is InChI=1S/C19H21FN2O3/c1-24-17-4-2-3-15(9-17)12-21-11-14-5-7-16(8-6-14)18-10-19(23,13-20)25-22-18/h2-9,21,23H,10-13H2,1H3. The number of alkyl halides is 1. The molecule has 1 unspecified atom stereocenters. The topological polar surface area (TPSA) is 63.1 Å². The van der Waals surface area contributed by atoms with Gasteiger partial charge in [-0.1, -0.05) is 41.6 Å². The van der Waals surface area contributed by atoms with Crippen LogP contribution in [-0.4, -0.2) is 30.4 Å². The summed E-state index contributed by atoms with van der Waals surface area (Å²) in [6, 6.07) is 15.7. The molecule has 0 radical (unpaired) electrons. The van der Waals surface area contributed by atoms with Crippen LogP contribution in [0.2, 0.25) is 0 Å². The van der Waals surface area contributed by atoms with Crippen LogP contribution in [0.25, 0.3) is 0 Å². The van der Waals surface area contributed by atoms with E-state index in [0.717, 1.165) is 35.5 Å². The first kappa shape index (κ1) is 17.4. The van der Waals surface area contributed by atoms with Crippen LogP contribution in [0.5, 0.6) is 5.75 Å². The molecule has 0 aliphatic carbocycles. The van der Waals surface area contributed by atoms with Gasteiger partial charge in [-0.2, -0.15) is 0 Å². The van der Waals surface area contributed by atoms with E-state index in [4.69, 9.17) is 9.57 Å². The second-order valence-corrected chi connectivity index (χ2v) is 6.04. The van der Waals surface area contributed by atoms with Crippen molar-refractivity contribution in [3.8, 4) is 5.75 Å². The van der Waals surface area contributed by atoms with Gasteiger partial charge >= 0.3 is 0 Å². The molecule has 0 spiro atoms. The minimum absolute atomic E-state index is 0.0525. The van der Waals surface area contributed by atoms with E-state index in [0.29, 0.717) is 5.71 Å². The molecular weight excluding hydrogens is 323 g/mol. The van der Waals surface area contributed by atoms with Gasteiger partial charge in [0.2, 0.25) is 0 Å². The fraction of sp³-hybridized carbons (Fsp3) is 0.316. The Bertz CT molecular complexity index is 749. The maximum atomic E-state index is 12.7. The molecule has 0 aromatic heterocycles. The molecule has 1 aliphatic heterocycles. The predicted octanol–water partition coefficient (Wildman–Crippen LogP) is 2.77. The summed E-state index contributed by atoms with van der Waals surface area (Å²) in [6.45, 7) is 0.476. The Kier molecular flexibility index (Phi) is 5.31. The summed E-state index contributed by atoms with van der Waals surface area (Å²) in [7, 11) is 1.65. The molecule has 0 fully saturated rings. The number of nitrogens with zero attached hydrogens (tertiary/aromatic N) is 1. The van der Waals surface area contributed by atoms with Crippen LogP contribution in [0.15, 0.2) is 53.7 Å². The van der Waals surface area contributed by atoms with Crippen molar-refractivity contribution >= 4 is 5.71 Å². The molecule has 3 rings (SSSR count). The number of oxime groups is 1. The minimum Gasteiger partial charge on any atom is -0.497 e. The fourth-order valence-corrected chi connectivity index (χ4v) is 2.64. The number of nitrogens with one attached hydrogen (secondary N) is 1. The molecule has 2 aromatic rings. The lowest BCUT2D eigenvalue weighted by Gasteiger charge is -2.14. The third kappa shape index (κ3) is 4.35. The Labute approximate surface area is 146 Å². The maximum absolute atomic E-state index is 12.7. The summed E-state index contributed by atoms with van der Waals surface area (Å²) < 4.78 is 17.9. The van der Waals surface area contributed by atoms with Gasteiger partial charge in [-0.15, -0.1) is 0 Å². The van der Waals surface area contributed by atoms with Crippen LogP contribution in [0.4, 0.5) is 4.39 Å². The number of rotatable bonds is 7. The van der Waals surface area contributed by atoms with Gasteiger partial charge in [-0.3, -0.25) is 0 Å². The summed E-state index contributed by atoms with van der Waals surface area (Å²) in [6.07, 6.45) is 0.0525. The van der Waals surface area contributed by atoms with Crippen LogP contribution >= 0.6 is 0 Å². The molecule has 0 saturated carbocycles. The van der Waals surface area contributed by atoms with E-state index in [2.05, 4.69) is 10.5 Å². The van der Waals surface area contributed by atoms with Gasteiger partial charge in [0.1, 0.15) is 5.75 Å². The smallest absolute Gasteiger partial charge is 0.268 e. The van der Waals surface area contributed by atoms with E-state index in [9.17, 15) is 9.50 Å². The van der Waals surface area contributed by atoms with Gasteiger partial charge in [-0.25, -0.2) is 4.39 Å². The zero-order valence-electron chi connectivity index (χ0n) is 14.0. The minimum atomic E-state index is -1.81. The summed E-state index contributed by atoms with van der Waals surface area (Å²) >= 11 is 0. The zero-order valence-corrected chi connectivity index (χ0v) is 14.0. The number of aliphatic hydroxyl groups is 1. The Morgan fingerprint density at radius 1 is 1.20 bits per heavy atom. The van der Waals surface area contributed by atoms with Crippen LogP contribution in [0, 0.1) is 0 Å². The van der Waals surface area contributed by atoms with E-state index in [-0.39, 0.29) is 6.42 Å². The molecule has 1 atom stereocenters. The van der Waals surface area contributed by atoms with Crippen molar-refractivity contribution in [2.75, 3.05) is 13.8 Å². The lowest BCUT2D eigenvalue weighted by molar-refractivity contribution is -0.193. The highest BCUT2D eigenvalue weighted by Crippen LogP contribution is 2.25. The molecule has 1 aliphatic rings. The molecule has 132 valence electrons. The highest BCUT2D eigenvalue weighted by Gasteiger charge is 2.37. The van der Waals surface area contributed by atoms with Gasteiger partial charge in [0.05, 0.1) is 19.2 Å². The van der Waals surface area contributed by atoms with Crippen LogP contribution in [0.1, 0.15) is 23.1 Å². The third-order valence-corrected chi connectivity index (χ3v) is 4.06. The van der Waals surface area contributed by atoms with E-state index < -0.39 is 12.5 Å². The van der Waals surface area contributed by atoms with Gasteiger partial charge in [-0.05, 0) is 28.8 Å². The Balaban J connectivity index is 1.53. The van der Waals surface area contributed by atoms with Crippen molar-refractivity contribution < 1.29 is 19.1 Å². The van der Waals surface area contributed by atoms with Gasteiger partial charge in [0.15, 0.2) is 6.67 Å². The number of methoxy groups -OCH3 is 1. The molecule has 5 nitrogen and oxygen atoms in total. The van der Waals surface area contributed by atoms with E-state index in [1.54, 1.807) is 7.11 Å². The van der Waals surface area contributed by atoms with Crippen molar-refractivity contribution in [3.63, 3.8) is 0 Å². The monoisotopic (exact) mass is 344 g/mol. The average Bonchev–Trinajstić information content (AvgIpc) is 3.05. The van der Waals surface area contributed by atoms with Crippen LogP contribution < -0.4 is 10.1 Å². The SMILES string of the molecule is COc1cccc(CNCc2ccc(C3=NOC(O)(CF)C3)cc2)c1. The molecule has 0 amide bonds. The lowest BCUT2D eigenvalue weighted by Crippen LogP contribution is -2.31. The van der Waals surface area contributed by atoms with E-state index in [1.165, 1.54) is 0 Å². The first-order valence-electron chi connectivity index (χ1n) is 8.08.